The second kappa shape index (κ2) is 23.4. The van der Waals surface area contributed by atoms with Gasteiger partial charge < -0.3 is 40.0 Å². The van der Waals surface area contributed by atoms with E-state index in [0.717, 1.165) is 16.7 Å². The fourth-order valence-electron chi connectivity index (χ4n) is 8.20. The maximum atomic E-state index is 14.4. The number of ketones is 1. The summed E-state index contributed by atoms with van der Waals surface area (Å²) >= 11 is 0. The Bertz CT molecular complexity index is 2120. The normalized spacial score (nSPS) is 18.3. The summed E-state index contributed by atoms with van der Waals surface area (Å²) in [7, 11) is 0. The number of esters is 1. The molecule has 2 fully saturated rings. The number of amides is 4. The van der Waals surface area contributed by atoms with Crippen molar-refractivity contribution >= 4 is 41.7 Å². The summed E-state index contributed by atoms with van der Waals surface area (Å²) in [6.45, 7) is 13.1. The van der Waals surface area contributed by atoms with Gasteiger partial charge >= 0.3 is 5.97 Å². The van der Waals surface area contributed by atoms with E-state index in [1.54, 1.807) is 25.1 Å². The minimum atomic E-state index is -1.09. The van der Waals surface area contributed by atoms with Crippen LogP contribution in [0, 0.1) is 11.8 Å². The van der Waals surface area contributed by atoms with Crippen LogP contribution in [0.4, 0.5) is 0 Å². The SMILES string of the molecule is CC(=O)Oc1ccc(C[N+]2(CC(=O)NC(CCc3ccccc3)C(=O)NC(CC(C)C)C(=O)NC(Cc3ccccc3)C(=O)NC(CC(C)C)C(=O)[C@@]3(C)CO3)CCOCC2)cc1C=O. The maximum absolute atomic E-state index is 14.4. The van der Waals surface area contributed by atoms with Crippen molar-refractivity contribution in [3.63, 3.8) is 0 Å². The van der Waals surface area contributed by atoms with Gasteiger partial charge in [-0.3, -0.25) is 33.6 Å². The van der Waals surface area contributed by atoms with E-state index in [4.69, 9.17) is 14.2 Å². The van der Waals surface area contributed by atoms with Gasteiger partial charge in [-0.05, 0) is 73.8 Å². The van der Waals surface area contributed by atoms with Crippen LogP contribution in [0.15, 0.2) is 78.9 Å². The Hall–Kier alpha value is -5.77. The number of rotatable bonds is 24. The van der Waals surface area contributed by atoms with Crippen LogP contribution in [0.5, 0.6) is 5.75 Å². The van der Waals surface area contributed by atoms with E-state index in [1.165, 1.54) is 6.92 Å². The Morgan fingerprint density at radius 3 is 1.86 bits per heavy atom. The molecule has 2 aliphatic heterocycles. The zero-order valence-corrected chi connectivity index (χ0v) is 38.6. The molecule has 2 saturated heterocycles. The third-order valence-corrected chi connectivity index (χ3v) is 11.8. The van der Waals surface area contributed by atoms with Gasteiger partial charge in [-0.15, -0.1) is 0 Å². The first-order valence-corrected chi connectivity index (χ1v) is 22.6. The van der Waals surface area contributed by atoms with Crippen LogP contribution in [0.2, 0.25) is 0 Å². The number of aryl methyl sites for hydroxylation is 1. The number of nitrogens with one attached hydrogen (secondary N) is 4. The van der Waals surface area contributed by atoms with Crippen molar-refractivity contribution in [1.29, 1.82) is 0 Å². The summed E-state index contributed by atoms with van der Waals surface area (Å²) in [5.41, 5.74) is 1.75. The van der Waals surface area contributed by atoms with E-state index < -0.39 is 53.5 Å². The number of hydrogen-bond acceptors (Lipinski definition) is 10. The second-order valence-corrected chi connectivity index (χ2v) is 18.5. The molecule has 2 aliphatic rings. The van der Waals surface area contributed by atoms with E-state index in [-0.39, 0.29) is 71.7 Å². The lowest BCUT2D eigenvalue weighted by atomic mass is 9.93. The van der Waals surface area contributed by atoms with Crippen LogP contribution < -0.4 is 26.0 Å². The summed E-state index contributed by atoms with van der Waals surface area (Å²) < 4.78 is 16.6. The Labute approximate surface area is 382 Å². The summed E-state index contributed by atoms with van der Waals surface area (Å²) in [6, 6.07) is 19.8. The van der Waals surface area contributed by atoms with Crippen LogP contribution >= 0.6 is 0 Å². The smallest absolute Gasteiger partial charge is 0.308 e. The van der Waals surface area contributed by atoms with Gasteiger partial charge in [-0.25, -0.2) is 0 Å². The van der Waals surface area contributed by atoms with Crippen molar-refractivity contribution in [3.8, 4) is 5.75 Å². The molecule has 4 N–H and O–H groups in total. The number of morpholine rings is 1. The second-order valence-electron chi connectivity index (χ2n) is 18.5. The molecular weight excluding hydrogens is 831 g/mol. The highest BCUT2D eigenvalue weighted by molar-refractivity contribution is 5.99. The molecule has 4 amide bonds. The number of carbonyl (C=O) groups is 7. The van der Waals surface area contributed by atoms with E-state index >= 15 is 0 Å². The number of hydrogen-bond donors (Lipinski definition) is 4. The minimum absolute atomic E-state index is 0.00162. The molecule has 15 heteroatoms. The van der Waals surface area contributed by atoms with E-state index in [0.29, 0.717) is 52.0 Å². The monoisotopic (exact) mass is 896 g/mol. The number of ether oxygens (including phenoxy) is 3. The van der Waals surface area contributed by atoms with Gasteiger partial charge in [0.1, 0.15) is 49.1 Å². The lowest BCUT2D eigenvalue weighted by Crippen LogP contribution is -2.61. The summed E-state index contributed by atoms with van der Waals surface area (Å²) in [6.07, 6.45) is 2.06. The van der Waals surface area contributed by atoms with Gasteiger partial charge in [-0.2, -0.15) is 0 Å². The molecule has 0 radical (unpaired) electrons. The van der Waals surface area contributed by atoms with Gasteiger partial charge in [0.15, 0.2) is 18.6 Å². The summed E-state index contributed by atoms with van der Waals surface area (Å²) in [4.78, 5) is 94.2. The Morgan fingerprint density at radius 2 is 1.28 bits per heavy atom. The molecule has 350 valence electrons. The largest absolute Gasteiger partial charge is 0.426 e. The Morgan fingerprint density at radius 1 is 0.723 bits per heavy atom. The third kappa shape index (κ3) is 15.4. The van der Waals surface area contributed by atoms with Gasteiger partial charge in [0.2, 0.25) is 17.7 Å². The molecule has 5 rings (SSSR count). The van der Waals surface area contributed by atoms with Gasteiger partial charge in [-0.1, -0.05) is 88.4 Å². The van der Waals surface area contributed by atoms with Crippen molar-refractivity contribution in [2.45, 2.75) is 110 Å². The molecule has 0 aromatic heterocycles. The zero-order valence-electron chi connectivity index (χ0n) is 38.6. The lowest BCUT2D eigenvalue weighted by Gasteiger charge is -2.41. The van der Waals surface area contributed by atoms with Crippen molar-refractivity contribution in [2.75, 3.05) is 39.5 Å². The van der Waals surface area contributed by atoms with Crippen LogP contribution in [0.1, 0.15) is 87.9 Å². The number of aldehydes is 1. The van der Waals surface area contributed by atoms with E-state index in [9.17, 15) is 33.6 Å². The predicted octanol–water partition coefficient (Wildman–Crippen LogP) is 4.04. The van der Waals surface area contributed by atoms with Gasteiger partial charge in [0, 0.05) is 18.9 Å². The Balaban J connectivity index is 1.36. The first kappa shape index (κ1) is 50.2. The predicted molar refractivity (Wildman–Crippen MR) is 243 cm³/mol. The van der Waals surface area contributed by atoms with Crippen molar-refractivity contribution in [1.82, 2.24) is 21.3 Å². The number of quaternary nitrogens is 1. The molecule has 3 aromatic rings. The maximum Gasteiger partial charge on any atom is 0.308 e. The van der Waals surface area contributed by atoms with E-state index in [1.807, 2.05) is 88.4 Å². The quantitative estimate of drug-likeness (QED) is 0.0335. The average Bonchev–Trinajstić information content (AvgIpc) is 4.02. The molecule has 3 aromatic carbocycles. The minimum Gasteiger partial charge on any atom is -0.426 e. The number of benzene rings is 3. The molecule has 0 spiro atoms. The molecule has 0 saturated carbocycles. The number of nitrogens with zero attached hydrogens (tertiary/aromatic N) is 1. The van der Waals surface area contributed by atoms with Crippen LogP contribution in [0.25, 0.3) is 0 Å². The molecule has 2 heterocycles. The molecule has 65 heavy (non-hydrogen) atoms. The summed E-state index contributed by atoms with van der Waals surface area (Å²) in [5.74, 6) is -2.63. The molecule has 5 atom stereocenters. The standard InChI is InChI=1S/C50H65N5O10/c1-33(2)25-41(46(59)50(6)32-64-50)52-49(62)43(28-37-15-11-8-12-16-37)54-48(61)42(26-34(3)4)53-47(60)40(19-17-36-13-9-7-10-14-36)51-45(58)30-55(21-23-63-24-22-55)29-38-18-20-44(65-35(5)57)39(27-38)31-56/h7-16,18,20,27,31,33-34,40-43H,17,19,21-26,28-30,32H2,1-6H3,(H3-,51,52,53,54,58,60,61,62)/p+1/t40?,41?,42?,43?,50-/m1/s1. The number of epoxide rings is 1. The highest BCUT2D eigenvalue weighted by atomic mass is 16.6. The average molecular weight is 897 g/mol. The molecule has 0 bridgehead atoms. The lowest BCUT2D eigenvalue weighted by molar-refractivity contribution is -0.940. The molecule has 0 aliphatic carbocycles. The number of Topliss-reactive ketones (excluding diaryl/α,β-unsaturated/α-hetero) is 1. The third-order valence-electron chi connectivity index (χ3n) is 11.8. The summed E-state index contributed by atoms with van der Waals surface area (Å²) in [5, 5.41) is 11.8. The van der Waals surface area contributed by atoms with Gasteiger partial charge in [0.05, 0.1) is 31.4 Å². The fraction of sp³-hybridized carbons (Fsp3) is 0.500. The van der Waals surface area contributed by atoms with Crippen LogP contribution in [-0.2, 0) is 57.6 Å². The highest BCUT2D eigenvalue weighted by Gasteiger charge is 2.50. The van der Waals surface area contributed by atoms with Crippen LogP contribution in [0.3, 0.4) is 0 Å². The first-order chi connectivity index (χ1) is 31.0. The zero-order chi connectivity index (χ0) is 47.1. The van der Waals surface area contributed by atoms with Crippen molar-refractivity contribution in [3.05, 3.63) is 101 Å². The highest BCUT2D eigenvalue weighted by Crippen LogP contribution is 2.30. The topological polar surface area (TPSA) is 199 Å². The van der Waals surface area contributed by atoms with Crippen molar-refractivity contribution < 1.29 is 52.3 Å². The van der Waals surface area contributed by atoms with E-state index in [2.05, 4.69) is 21.3 Å². The molecule has 4 unspecified atom stereocenters. The van der Waals surface area contributed by atoms with Gasteiger partial charge in [0.25, 0.3) is 5.91 Å². The molecule has 15 nitrogen and oxygen atoms in total. The van der Waals surface area contributed by atoms with Crippen molar-refractivity contribution in [2.24, 2.45) is 11.8 Å². The fourth-order valence-corrected chi connectivity index (χ4v) is 8.20. The first-order valence-electron chi connectivity index (χ1n) is 22.6. The van der Waals surface area contributed by atoms with Crippen LogP contribution in [-0.4, -0.2) is 115 Å². The molecular formula is C50H66N5O10+. The number of carbonyl (C=O) groups excluding carboxylic acids is 7. The Kier molecular flexibility index (Phi) is 18.1.